The minimum absolute atomic E-state index is 0.0680. The second-order valence-electron chi connectivity index (χ2n) is 35.6. The largest absolute Gasteiger partial charge is 0.381 e. The minimum atomic E-state index is -3.70. The van der Waals surface area contributed by atoms with E-state index in [1.54, 1.807) is 46.4 Å². The summed E-state index contributed by atoms with van der Waals surface area (Å²) < 4.78 is 53.4. The molecule has 0 bridgehead atoms. The number of fused-ring (bicyclic) bond motifs is 2. The Morgan fingerprint density at radius 3 is 1.21 bits per heavy atom. The molecular formula is C68H122N12O14S2. The van der Waals surface area contributed by atoms with E-state index >= 15 is 0 Å². The van der Waals surface area contributed by atoms with Crippen LogP contribution in [0.25, 0.3) is 0 Å². The lowest BCUT2D eigenvalue weighted by Crippen LogP contribution is -2.62. The van der Waals surface area contributed by atoms with Crippen molar-refractivity contribution in [2.45, 2.75) is 268 Å². The number of hydrogen-bond acceptors (Lipinski definition) is 14. The summed E-state index contributed by atoms with van der Waals surface area (Å²) in [5, 5.41) is 33.4. The zero-order valence-corrected chi connectivity index (χ0v) is 63.9. The molecule has 9 N–H and O–H groups in total. The second-order valence-corrected chi connectivity index (χ2v) is 39.8. The van der Waals surface area contributed by atoms with Gasteiger partial charge in [-0.1, -0.05) is 108 Å². The van der Waals surface area contributed by atoms with Crippen LogP contribution in [0.2, 0.25) is 0 Å². The molecule has 4 aliphatic carbocycles. The van der Waals surface area contributed by atoms with Crippen LogP contribution >= 0.6 is 0 Å². The third-order valence-corrected chi connectivity index (χ3v) is 24.9. The number of likely N-dealkylation sites (tertiary alicyclic amines) is 2. The van der Waals surface area contributed by atoms with Crippen molar-refractivity contribution in [3.8, 4) is 0 Å². The molecule has 2 saturated heterocycles. The van der Waals surface area contributed by atoms with Gasteiger partial charge in [-0.25, -0.2) is 26.4 Å². The predicted octanol–water partition coefficient (Wildman–Crippen LogP) is 4.60. The number of aliphatic hydroxyl groups excluding tert-OH is 1. The third kappa shape index (κ3) is 20.5. The molecule has 4 saturated carbocycles. The molecule has 26 nitrogen and oxygen atoms in total. The molecule has 28 heteroatoms. The zero-order valence-electron chi connectivity index (χ0n) is 62.3. The van der Waals surface area contributed by atoms with Crippen molar-refractivity contribution in [2.75, 3.05) is 51.8 Å². The first-order valence-electron chi connectivity index (χ1n) is 34.5. The van der Waals surface area contributed by atoms with Gasteiger partial charge in [0.25, 0.3) is 11.8 Å². The monoisotopic (exact) mass is 1390 g/mol. The number of ketones is 1. The van der Waals surface area contributed by atoms with Crippen LogP contribution in [-0.4, -0.2) is 210 Å². The van der Waals surface area contributed by atoms with Gasteiger partial charge in [0, 0.05) is 62.4 Å². The summed E-state index contributed by atoms with van der Waals surface area (Å²) in [5.41, 5.74) is -4.05. The zero-order chi connectivity index (χ0) is 73.6. The van der Waals surface area contributed by atoms with Crippen LogP contribution in [0.5, 0.6) is 0 Å². The van der Waals surface area contributed by atoms with Crippen LogP contribution in [0.4, 0.5) is 9.59 Å². The molecule has 2 aliphatic heterocycles. The van der Waals surface area contributed by atoms with E-state index in [0.29, 0.717) is 19.5 Å². The number of carbonyl (C=O) groups is 9. The molecule has 0 aromatic heterocycles. The highest BCUT2D eigenvalue weighted by Crippen LogP contribution is 2.66. The molecule has 550 valence electrons. The number of sulfonamides is 2. The maximum Gasteiger partial charge on any atom is 0.315 e. The minimum Gasteiger partial charge on any atom is -0.381 e. The van der Waals surface area contributed by atoms with Crippen molar-refractivity contribution in [1.82, 2.24) is 60.9 Å². The van der Waals surface area contributed by atoms with E-state index in [1.165, 1.54) is 27.6 Å². The Morgan fingerprint density at radius 2 is 0.875 bits per heavy atom. The molecule has 0 aromatic carbocycles. The predicted molar refractivity (Wildman–Crippen MR) is 369 cm³/mol. The standard InChI is InChI=1S/C34H62N6O7S.C34H60N6O7S/c2*1-31(2,3)26(37-30(45)38-32(4,5)6)29(44)40-19-21-23(34(21,10)11)24(40)27(42)36-22(18-20-14-13-15-20)25(41)28(43)35-16-17-48(46,47)39(12)33(7,8)9/h20-26,41H,13-19H2,1-12H3,(H,35,43)(H,36,42)(H2,37,38,45);20-24,26H,13-19H2,1-12H3,(H,35,43)(H,36,42)(H2,37,38,45)/t21?,22?,23-,24-,25?,26+;21?,22?,23-,24-,26+/m00/s1. The van der Waals surface area contributed by atoms with Gasteiger partial charge < -0.3 is 57.4 Å². The van der Waals surface area contributed by atoms with Gasteiger partial charge in [-0.3, -0.25) is 33.6 Å². The van der Waals surface area contributed by atoms with Crippen LogP contribution in [-0.2, 0) is 53.6 Å². The average molecular weight is 1400 g/mol. The van der Waals surface area contributed by atoms with Crippen LogP contribution < -0.4 is 42.5 Å². The molecule has 6 rings (SSSR count). The molecule has 5 unspecified atom stereocenters. The van der Waals surface area contributed by atoms with Gasteiger partial charge in [0.15, 0.2) is 6.10 Å². The van der Waals surface area contributed by atoms with Crippen molar-refractivity contribution in [3.63, 3.8) is 0 Å². The first-order valence-corrected chi connectivity index (χ1v) is 37.7. The molecule has 10 amide bonds. The Hall–Kier alpha value is -5.19. The van der Waals surface area contributed by atoms with E-state index in [0.717, 1.165) is 38.5 Å². The van der Waals surface area contributed by atoms with E-state index in [2.05, 4.69) is 70.2 Å². The van der Waals surface area contributed by atoms with Crippen molar-refractivity contribution in [1.29, 1.82) is 0 Å². The van der Waals surface area contributed by atoms with Crippen LogP contribution in [0, 0.1) is 57.2 Å². The Labute approximate surface area is 573 Å². The Balaban J connectivity index is 0.000000347. The van der Waals surface area contributed by atoms with Crippen molar-refractivity contribution in [2.24, 2.45) is 57.2 Å². The van der Waals surface area contributed by atoms with E-state index < -0.39 is 137 Å². The lowest BCUT2D eigenvalue weighted by molar-refractivity contribution is -0.145. The molecule has 2 heterocycles. The third-order valence-electron chi connectivity index (χ3n) is 20.7. The summed E-state index contributed by atoms with van der Waals surface area (Å²) in [6.07, 6.45) is 4.65. The average Bonchev–Trinajstić information content (AvgIpc) is 1.53. The van der Waals surface area contributed by atoms with Gasteiger partial charge >= 0.3 is 12.1 Å². The SMILES string of the molecule is CN(C(C)(C)C)S(=O)(=O)CCNC(=O)C(=O)C(CC1CCC1)NC(=O)[C@@H]1[C@@H]2C(CN1C(=O)[C@@H](NC(=O)NC(C)(C)C)C(C)(C)C)C2(C)C.CN(C(C)(C)C)S(=O)(=O)CCNC(=O)C(O)C(CC1CCC1)NC(=O)[C@@H]1[C@@H]2C(CN1C(=O)[C@@H](NC(=O)NC(C)(C)C)C(C)(C)C)C2(C)C. The van der Waals surface area contributed by atoms with Crippen LogP contribution in [0.15, 0.2) is 0 Å². The first-order chi connectivity index (χ1) is 43.4. The number of nitrogens with one attached hydrogen (secondary N) is 8. The molecule has 0 aromatic rings. The van der Waals surface area contributed by atoms with Crippen molar-refractivity contribution in [3.05, 3.63) is 0 Å². The highest BCUT2D eigenvalue weighted by molar-refractivity contribution is 7.89. The van der Waals surface area contributed by atoms with E-state index in [1.807, 2.05) is 83.1 Å². The van der Waals surface area contributed by atoms with Crippen molar-refractivity contribution < 1.29 is 65.1 Å². The quantitative estimate of drug-likeness (QED) is 0.0597. The van der Waals surface area contributed by atoms with Gasteiger partial charge in [0.1, 0.15) is 24.2 Å². The number of urea groups is 2. The highest BCUT2D eigenvalue weighted by atomic mass is 32.2. The molecular weight excluding hydrogens is 1270 g/mol. The summed E-state index contributed by atoms with van der Waals surface area (Å²) in [6.45, 7) is 41.3. The number of Topliss-reactive ketones (excluding diaryl/α,β-unsaturated/α-hetero) is 1. The number of piperidine rings is 2. The maximum absolute atomic E-state index is 14.2. The van der Waals surface area contributed by atoms with Crippen molar-refractivity contribution >= 4 is 73.3 Å². The number of carbonyl (C=O) groups excluding carboxylic acids is 9. The summed E-state index contributed by atoms with van der Waals surface area (Å²) >= 11 is 0. The highest BCUT2D eigenvalue weighted by Gasteiger charge is 2.71. The Bertz CT molecular complexity index is 3110. The van der Waals surface area contributed by atoms with E-state index in [-0.39, 0.29) is 89.2 Å². The fourth-order valence-corrected chi connectivity index (χ4v) is 16.6. The maximum atomic E-state index is 14.2. The molecule has 0 spiro atoms. The number of amides is 10. The molecule has 6 aliphatic rings. The number of nitrogens with zero attached hydrogens (tertiary/aromatic N) is 4. The van der Waals surface area contributed by atoms with Gasteiger partial charge in [-0.15, -0.1) is 0 Å². The summed E-state index contributed by atoms with van der Waals surface area (Å²) in [6, 6.07) is -6.58. The fourth-order valence-electron chi connectivity index (χ4n) is 13.7. The summed E-state index contributed by atoms with van der Waals surface area (Å²) in [7, 11) is -4.41. The topological polar surface area (TPSA) is 351 Å². The summed E-state index contributed by atoms with van der Waals surface area (Å²) in [5.74, 6) is -4.70. The smallest absolute Gasteiger partial charge is 0.315 e. The lowest BCUT2D eigenvalue weighted by atomic mass is 9.79. The Kier molecular flexibility index (Phi) is 25.1. The van der Waals surface area contributed by atoms with E-state index in [4.69, 9.17) is 0 Å². The molecule has 0 radical (unpaired) electrons. The molecule has 11 atom stereocenters. The van der Waals surface area contributed by atoms with Gasteiger partial charge in [-0.2, -0.15) is 8.61 Å². The number of rotatable bonds is 24. The van der Waals surface area contributed by atoms with Gasteiger partial charge in [-0.05, 0) is 153 Å². The number of hydrogen-bond donors (Lipinski definition) is 9. The Morgan fingerprint density at radius 1 is 0.521 bits per heavy atom. The molecule has 6 fully saturated rings. The van der Waals surface area contributed by atoms with Crippen LogP contribution in [0.3, 0.4) is 0 Å². The molecule has 96 heavy (non-hydrogen) atoms. The summed E-state index contributed by atoms with van der Waals surface area (Å²) in [4.78, 5) is 125. The van der Waals surface area contributed by atoms with Gasteiger partial charge in [0.2, 0.25) is 49.5 Å². The fraction of sp³-hybridized carbons (Fsp3) is 0.868. The second kappa shape index (κ2) is 29.6. The number of aliphatic hydroxyl groups is 1. The van der Waals surface area contributed by atoms with E-state index in [9.17, 15) is 65.1 Å². The first kappa shape index (κ1) is 81.5. The normalized spacial score (nSPS) is 24.2. The van der Waals surface area contributed by atoms with Gasteiger partial charge in [0.05, 0.1) is 23.6 Å². The van der Waals surface area contributed by atoms with Crippen LogP contribution in [0.1, 0.15) is 204 Å². The lowest BCUT2D eigenvalue weighted by Gasteiger charge is -2.39.